The van der Waals surface area contributed by atoms with Crippen LogP contribution >= 0.6 is 0 Å². The predicted octanol–water partition coefficient (Wildman–Crippen LogP) is 0.338. The fourth-order valence-electron chi connectivity index (χ4n) is 2.11. The third-order valence-electron chi connectivity index (χ3n) is 4.07. The molecule has 1 amide bonds. The van der Waals surface area contributed by atoms with Crippen LogP contribution in [0.1, 0.15) is 40.0 Å². The molecule has 1 rings (SSSR count). The number of carboxylic acid groups (broad SMARTS) is 1. The molecule has 0 aliphatic carbocycles. The Morgan fingerprint density at radius 2 is 1.90 bits per heavy atom. The average Bonchev–Trinajstić information content (AvgIpc) is 2.46. The minimum absolute atomic E-state index is 0.165. The van der Waals surface area contributed by atoms with E-state index in [-0.39, 0.29) is 6.42 Å². The summed E-state index contributed by atoms with van der Waals surface area (Å²) in [6.07, 6.45) is 0.895. The lowest BCUT2D eigenvalue weighted by molar-refractivity contribution is -0.146. The number of hydrogen-bond donors (Lipinski definition) is 2. The number of carbonyl (C=O) groups is 2. The maximum absolute atomic E-state index is 12.4. The first-order valence-electron chi connectivity index (χ1n) is 7.01. The van der Waals surface area contributed by atoms with Crippen molar-refractivity contribution in [3.8, 4) is 0 Å². The first-order chi connectivity index (χ1) is 9.65. The van der Waals surface area contributed by atoms with E-state index in [0.717, 1.165) is 0 Å². The van der Waals surface area contributed by atoms with Crippen molar-refractivity contribution in [1.29, 1.82) is 0 Å². The molecular formula is C13H23NO6S. The van der Waals surface area contributed by atoms with Gasteiger partial charge in [-0.25, -0.2) is 13.2 Å². The summed E-state index contributed by atoms with van der Waals surface area (Å²) < 4.78 is 29.9. The Bertz CT molecular complexity index is 497. The van der Waals surface area contributed by atoms with Gasteiger partial charge in [-0.15, -0.1) is 0 Å². The Labute approximate surface area is 125 Å². The highest BCUT2D eigenvalue weighted by Gasteiger charge is 2.40. The van der Waals surface area contributed by atoms with E-state index in [1.165, 1.54) is 13.8 Å². The van der Waals surface area contributed by atoms with E-state index in [1.54, 1.807) is 6.92 Å². The molecule has 0 aromatic carbocycles. The van der Waals surface area contributed by atoms with Gasteiger partial charge in [0.15, 0.2) is 9.84 Å². The number of amides is 1. The first-order valence-corrected chi connectivity index (χ1v) is 8.62. The molecule has 0 spiro atoms. The molecule has 21 heavy (non-hydrogen) atoms. The normalized spacial score (nSPS) is 21.3. The van der Waals surface area contributed by atoms with E-state index < -0.39 is 37.8 Å². The summed E-state index contributed by atoms with van der Waals surface area (Å²) in [6.45, 7) is 5.01. The summed E-state index contributed by atoms with van der Waals surface area (Å²) in [6, 6.07) is 0. The minimum atomic E-state index is -3.65. The third-order valence-corrected chi connectivity index (χ3v) is 6.67. The molecule has 0 radical (unpaired) electrons. The fourth-order valence-corrected chi connectivity index (χ4v) is 3.89. The third kappa shape index (κ3) is 3.94. The predicted molar refractivity (Wildman–Crippen MR) is 76.7 cm³/mol. The van der Waals surface area contributed by atoms with Gasteiger partial charge in [0.25, 0.3) is 0 Å². The van der Waals surface area contributed by atoms with Crippen molar-refractivity contribution in [2.24, 2.45) is 0 Å². The van der Waals surface area contributed by atoms with Crippen LogP contribution in [0.4, 0.5) is 0 Å². The molecule has 1 fully saturated rings. The highest BCUT2D eigenvalue weighted by molar-refractivity contribution is 7.93. The lowest BCUT2D eigenvalue weighted by Crippen LogP contribution is -2.56. The standard InChI is InChI=1S/C13H23NO6S/c1-4-13(3,12(16)17)14-11(15)9(2)21(18,19)10-5-7-20-8-6-10/h9-10H,4-8H2,1-3H3,(H,14,15)(H,16,17). The number of ether oxygens (including phenoxy) is 1. The van der Waals surface area contributed by atoms with Crippen LogP contribution in [0.25, 0.3) is 0 Å². The molecule has 1 aliphatic rings. The molecule has 1 aliphatic heterocycles. The monoisotopic (exact) mass is 321 g/mol. The highest BCUT2D eigenvalue weighted by atomic mass is 32.2. The maximum atomic E-state index is 12.4. The zero-order chi connectivity index (χ0) is 16.3. The van der Waals surface area contributed by atoms with Crippen molar-refractivity contribution < 1.29 is 27.9 Å². The Morgan fingerprint density at radius 3 is 2.33 bits per heavy atom. The number of nitrogens with one attached hydrogen (secondary N) is 1. The molecule has 1 heterocycles. The van der Waals surface area contributed by atoms with E-state index in [2.05, 4.69) is 5.32 Å². The first kappa shape index (κ1) is 17.9. The van der Waals surface area contributed by atoms with Gasteiger partial charge in [0.2, 0.25) is 5.91 Å². The summed E-state index contributed by atoms with van der Waals surface area (Å²) in [5.74, 6) is -1.96. The van der Waals surface area contributed by atoms with Crippen molar-refractivity contribution >= 4 is 21.7 Å². The highest BCUT2D eigenvalue weighted by Crippen LogP contribution is 2.21. The Hall–Kier alpha value is -1.15. The van der Waals surface area contributed by atoms with Crippen LogP contribution in [0.3, 0.4) is 0 Å². The van der Waals surface area contributed by atoms with Crippen LogP contribution in [-0.2, 0) is 24.2 Å². The molecule has 8 heteroatoms. The summed E-state index contributed by atoms with van der Waals surface area (Å²) in [5.41, 5.74) is -1.46. The van der Waals surface area contributed by atoms with Gasteiger partial charge in [0.1, 0.15) is 10.8 Å². The fraction of sp³-hybridized carbons (Fsp3) is 0.846. The van der Waals surface area contributed by atoms with Crippen LogP contribution in [0, 0.1) is 0 Å². The summed E-state index contributed by atoms with van der Waals surface area (Å²) in [4.78, 5) is 23.3. The lowest BCUT2D eigenvalue weighted by atomic mass is 9.99. The topological polar surface area (TPSA) is 110 Å². The maximum Gasteiger partial charge on any atom is 0.329 e. The molecule has 0 bridgehead atoms. The van der Waals surface area contributed by atoms with Crippen molar-refractivity contribution in [3.63, 3.8) is 0 Å². The van der Waals surface area contributed by atoms with Crippen LogP contribution < -0.4 is 5.32 Å². The second kappa shape index (κ2) is 6.74. The molecule has 2 N–H and O–H groups in total. The van der Waals surface area contributed by atoms with Gasteiger partial charge in [0.05, 0.1) is 5.25 Å². The van der Waals surface area contributed by atoms with E-state index in [0.29, 0.717) is 26.1 Å². The minimum Gasteiger partial charge on any atom is -0.480 e. The molecule has 2 atom stereocenters. The van der Waals surface area contributed by atoms with Gasteiger partial charge in [-0.2, -0.15) is 0 Å². The van der Waals surface area contributed by atoms with E-state index in [9.17, 15) is 18.0 Å². The smallest absolute Gasteiger partial charge is 0.329 e. The molecule has 1 saturated heterocycles. The zero-order valence-corrected chi connectivity index (χ0v) is 13.4. The van der Waals surface area contributed by atoms with E-state index in [4.69, 9.17) is 9.84 Å². The molecule has 122 valence electrons. The second-order valence-corrected chi connectivity index (χ2v) is 8.07. The summed E-state index contributed by atoms with van der Waals surface area (Å²) in [5, 5.41) is 9.59. The number of carbonyl (C=O) groups excluding carboxylic acids is 1. The summed E-state index contributed by atoms with van der Waals surface area (Å²) in [7, 11) is -3.65. The van der Waals surface area contributed by atoms with Crippen LogP contribution in [-0.4, -0.2) is 54.7 Å². The number of sulfone groups is 1. The number of carboxylic acids is 1. The quantitative estimate of drug-likeness (QED) is 0.730. The van der Waals surface area contributed by atoms with Crippen LogP contribution in [0.2, 0.25) is 0 Å². The molecule has 0 aromatic heterocycles. The largest absolute Gasteiger partial charge is 0.480 e. The van der Waals surface area contributed by atoms with Gasteiger partial charge >= 0.3 is 5.97 Å². The molecule has 0 saturated carbocycles. The van der Waals surface area contributed by atoms with Gasteiger partial charge < -0.3 is 15.2 Å². The van der Waals surface area contributed by atoms with Crippen molar-refractivity contribution in [1.82, 2.24) is 5.32 Å². The van der Waals surface area contributed by atoms with Gasteiger partial charge in [0, 0.05) is 13.2 Å². The van der Waals surface area contributed by atoms with Gasteiger partial charge in [-0.05, 0) is 33.1 Å². The molecule has 7 nitrogen and oxygen atoms in total. The van der Waals surface area contributed by atoms with Gasteiger partial charge in [-0.3, -0.25) is 4.79 Å². The lowest BCUT2D eigenvalue weighted by Gasteiger charge is -2.29. The SMILES string of the molecule is CCC(C)(NC(=O)C(C)S(=O)(=O)C1CCOCC1)C(=O)O. The van der Waals surface area contributed by atoms with E-state index in [1.807, 2.05) is 0 Å². The van der Waals surface area contributed by atoms with Crippen molar-refractivity contribution in [2.75, 3.05) is 13.2 Å². The molecule has 2 unspecified atom stereocenters. The molecule has 0 aromatic rings. The Balaban J connectivity index is 2.84. The van der Waals surface area contributed by atoms with E-state index >= 15 is 0 Å². The van der Waals surface area contributed by atoms with Gasteiger partial charge in [-0.1, -0.05) is 6.92 Å². The van der Waals surface area contributed by atoms with Crippen LogP contribution in [0.15, 0.2) is 0 Å². The van der Waals surface area contributed by atoms with Crippen molar-refractivity contribution in [3.05, 3.63) is 0 Å². The Kier molecular flexibility index (Phi) is 5.75. The summed E-state index contributed by atoms with van der Waals surface area (Å²) >= 11 is 0. The second-order valence-electron chi connectivity index (χ2n) is 5.52. The molecular weight excluding hydrogens is 298 g/mol. The Morgan fingerprint density at radius 1 is 1.38 bits per heavy atom. The number of aliphatic carboxylic acids is 1. The number of rotatable bonds is 6. The average molecular weight is 321 g/mol. The number of hydrogen-bond acceptors (Lipinski definition) is 5. The van der Waals surface area contributed by atoms with Crippen LogP contribution in [0.5, 0.6) is 0 Å². The zero-order valence-electron chi connectivity index (χ0n) is 12.6. The van der Waals surface area contributed by atoms with Crippen molar-refractivity contribution in [2.45, 2.75) is 56.1 Å².